The fraction of sp³-hybridized carbons (Fsp3) is 0.316. The minimum absolute atomic E-state index is 0.157. The molecule has 108 valence electrons. The molecule has 1 unspecified atom stereocenters. The fourth-order valence-electron chi connectivity index (χ4n) is 2.43. The molecule has 0 aliphatic heterocycles. The van der Waals surface area contributed by atoms with Gasteiger partial charge in [-0.3, -0.25) is 0 Å². The Balaban J connectivity index is 2.68. The monoisotopic (exact) mass is 295 g/mol. The third kappa shape index (κ3) is 3.31. The first-order chi connectivity index (χ1) is 9.93. The molecule has 0 N–H and O–H groups in total. The maximum Gasteiger partial charge on any atom is 0.0998 e. The number of hydrogen-bond donors (Lipinski definition) is 1. The van der Waals surface area contributed by atoms with E-state index in [0.29, 0.717) is 5.92 Å². The molecule has 2 aromatic carbocycles. The van der Waals surface area contributed by atoms with Gasteiger partial charge in [-0.1, -0.05) is 38.1 Å². The first kappa shape index (κ1) is 15.7. The summed E-state index contributed by atoms with van der Waals surface area (Å²) in [5.41, 5.74) is 6.51. The van der Waals surface area contributed by atoms with E-state index in [1.807, 2.05) is 19.1 Å². The third-order valence-corrected chi connectivity index (χ3v) is 4.16. The molecule has 0 aliphatic carbocycles. The van der Waals surface area contributed by atoms with Crippen molar-refractivity contribution in [3.63, 3.8) is 0 Å². The largest absolute Gasteiger partial charge is 0.192 e. The predicted octanol–water partition coefficient (Wildman–Crippen LogP) is 5.65. The topological polar surface area (TPSA) is 23.8 Å². The van der Waals surface area contributed by atoms with Gasteiger partial charge in [0.2, 0.25) is 0 Å². The van der Waals surface area contributed by atoms with E-state index < -0.39 is 0 Å². The van der Waals surface area contributed by atoms with Crippen molar-refractivity contribution in [1.29, 1.82) is 5.26 Å². The van der Waals surface area contributed by atoms with E-state index in [-0.39, 0.29) is 5.25 Å². The molecule has 0 spiro atoms. The molecule has 0 fully saturated rings. The zero-order valence-corrected chi connectivity index (χ0v) is 13.9. The zero-order chi connectivity index (χ0) is 15.6. The highest BCUT2D eigenvalue weighted by atomic mass is 32.1. The van der Waals surface area contributed by atoms with Crippen LogP contribution < -0.4 is 0 Å². The van der Waals surface area contributed by atoms with Crippen molar-refractivity contribution in [3.8, 4) is 17.2 Å². The Morgan fingerprint density at radius 1 is 0.952 bits per heavy atom. The van der Waals surface area contributed by atoms with Crippen molar-refractivity contribution in [2.45, 2.75) is 38.9 Å². The lowest BCUT2D eigenvalue weighted by molar-refractivity contribution is 0.866. The second-order valence-corrected chi connectivity index (χ2v) is 6.60. The van der Waals surface area contributed by atoms with Gasteiger partial charge in [-0.15, -0.1) is 0 Å². The van der Waals surface area contributed by atoms with E-state index in [1.165, 1.54) is 11.1 Å². The summed E-state index contributed by atoms with van der Waals surface area (Å²) in [7, 11) is 0. The molecule has 0 amide bonds. The lowest BCUT2D eigenvalue weighted by Crippen LogP contribution is -1.95. The van der Waals surface area contributed by atoms with Crippen LogP contribution in [0, 0.1) is 18.3 Å². The van der Waals surface area contributed by atoms with Gasteiger partial charge in [0.25, 0.3) is 0 Å². The summed E-state index contributed by atoms with van der Waals surface area (Å²) < 4.78 is 0. The molecule has 21 heavy (non-hydrogen) atoms. The van der Waals surface area contributed by atoms with Crippen LogP contribution in [-0.2, 0) is 0 Å². The van der Waals surface area contributed by atoms with Gasteiger partial charge in [0.15, 0.2) is 0 Å². The first-order valence-corrected chi connectivity index (χ1v) is 7.78. The van der Waals surface area contributed by atoms with Crippen LogP contribution in [0.2, 0.25) is 0 Å². The average molecular weight is 295 g/mol. The van der Waals surface area contributed by atoms with Crippen LogP contribution in [0.25, 0.3) is 11.1 Å². The zero-order valence-electron chi connectivity index (χ0n) is 13.0. The molecule has 0 aromatic heterocycles. The Hall–Kier alpha value is -1.72. The Labute approximate surface area is 133 Å². The summed E-state index contributed by atoms with van der Waals surface area (Å²) in [6.45, 7) is 8.51. The van der Waals surface area contributed by atoms with Crippen LogP contribution in [-0.4, -0.2) is 0 Å². The van der Waals surface area contributed by atoms with Crippen molar-refractivity contribution >= 4 is 12.6 Å². The van der Waals surface area contributed by atoms with Gasteiger partial charge in [0, 0.05) is 10.8 Å². The van der Waals surface area contributed by atoms with Crippen LogP contribution in [0.4, 0.5) is 0 Å². The fourth-order valence-corrected chi connectivity index (χ4v) is 2.59. The molecule has 0 bridgehead atoms. The van der Waals surface area contributed by atoms with E-state index in [0.717, 1.165) is 22.3 Å². The molecule has 0 saturated heterocycles. The highest BCUT2D eigenvalue weighted by Gasteiger charge is 2.12. The molecule has 0 saturated carbocycles. The molecule has 1 atom stereocenters. The first-order valence-electron chi connectivity index (χ1n) is 7.27. The van der Waals surface area contributed by atoms with Crippen LogP contribution in [0.3, 0.4) is 0 Å². The summed E-state index contributed by atoms with van der Waals surface area (Å²) in [6.07, 6.45) is 0. The summed E-state index contributed by atoms with van der Waals surface area (Å²) in [6, 6.07) is 14.8. The van der Waals surface area contributed by atoms with Crippen molar-refractivity contribution in [3.05, 3.63) is 58.7 Å². The van der Waals surface area contributed by atoms with E-state index in [1.54, 1.807) is 0 Å². The number of nitrogens with zero attached hydrogens (tertiary/aromatic N) is 1. The lowest BCUT2D eigenvalue weighted by atomic mass is 9.90. The molecule has 0 aliphatic rings. The maximum atomic E-state index is 9.41. The summed E-state index contributed by atoms with van der Waals surface area (Å²) in [5.74, 6) is 0.474. The summed E-state index contributed by atoms with van der Waals surface area (Å²) >= 11 is 4.51. The van der Waals surface area contributed by atoms with E-state index in [9.17, 15) is 5.26 Å². The van der Waals surface area contributed by atoms with E-state index in [4.69, 9.17) is 0 Å². The van der Waals surface area contributed by atoms with Gasteiger partial charge in [0.05, 0.1) is 11.6 Å². The number of benzene rings is 2. The standard InChI is InChI=1S/C19H21NS/c1-12(2)15-6-5-13(3)18(9-15)19-10-16(14(4)21)7-8-17(19)11-20/h5-10,12,14,21H,1-4H3. The Morgan fingerprint density at radius 2 is 1.57 bits per heavy atom. The van der Waals surface area contributed by atoms with Crippen LogP contribution in [0.5, 0.6) is 0 Å². The van der Waals surface area contributed by atoms with Gasteiger partial charge in [-0.05, 0) is 54.2 Å². The summed E-state index contributed by atoms with van der Waals surface area (Å²) in [4.78, 5) is 0. The Kier molecular flexibility index (Phi) is 4.75. The van der Waals surface area contributed by atoms with Crippen molar-refractivity contribution < 1.29 is 0 Å². The molecule has 1 nitrogen and oxygen atoms in total. The smallest absolute Gasteiger partial charge is 0.0998 e. The number of hydrogen-bond acceptors (Lipinski definition) is 2. The minimum Gasteiger partial charge on any atom is -0.192 e. The number of aryl methyl sites for hydroxylation is 1. The molecule has 2 aromatic rings. The molecular weight excluding hydrogens is 274 g/mol. The van der Waals surface area contributed by atoms with Crippen LogP contribution in [0.1, 0.15) is 54.2 Å². The molecule has 2 rings (SSSR count). The predicted molar refractivity (Wildman–Crippen MR) is 92.8 cm³/mol. The second kappa shape index (κ2) is 6.37. The quantitative estimate of drug-likeness (QED) is 0.727. The van der Waals surface area contributed by atoms with Gasteiger partial charge in [-0.25, -0.2) is 0 Å². The molecular formula is C19H21NS. The van der Waals surface area contributed by atoms with Crippen molar-refractivity contribution in [2.75, 3.05) is 0 Å². The highest BCUT2D eigenvalue weighted by molar-refractivity contribution is 7.80. The third-order valence-electron chi connectivity index (χ3n) is 3.86. The van der Waals surface area contributed by atoms with Gasteiger partial charge in [0.1, 0.15) is 0 Å². The minimum atomic E-state index is 0.157. The Bertz CT molecular complexity index is 693. The van der Waals surface area contributed by atoms with Crippen LogP contribution in [0.15, 0.2) is 36.4 Å². The lowest BCUT2D eigenvalue weighted by Gasteiger charge is -2.15. The average Bonchev–Trinajstić information content (AvgIpc) is 2.46. The van der Waals surface area contributed by atoms with Crippen molar-refractivity contribution in [2.24, 2.45) is 0 Å². The molecule has 2 heteroatoms. The second-order valence-electron chi connectivity index (χ2n) is 5.82. The highest BCUT2D eigenvalue weighted by Crippen LogP contribution is 2.32. The SMILES string of the molecule is Cc1ccc(C(C)C)cc1-c1cc(C(C)S)ccc1C#N. The van der Waals surface area contributed by atoms with Gasteiger partial charge in [-0.2, -0.15) is 17.9 Å². The number of rotatable bonds is 3. The molecule has 0 radical (unpaired) electrons. The normalized spacial score (nSPS) is 12.2. The van der Waals surface area contributed by atoms with E-state index in [2.05, 4.69) is 63.7 Å². The van der Waals surface area contributed by atoms with Crippen molar-refractivity contribution in [1.82, 2.24) is 0 Å². The maximum absolute atomic E-state index is 9.41. The Morgan fingerprint density at radius 3 is 2.14 bits per heavy atom. The number of thiol groups is 1. The number of nitriles is 1. The van der Waals surface area contributed by atoms with Crippen LogP contribution >= 0.6 is 12.6 Å². The van der Waals surface area contributed by atoms with E-state index >= 15 is 0 Å². The summed E-state index contributed by atoms with van der Waals surface area (Å²) in [5, 5.41) is 9.57. The molecule has 0 heterocycles. The van der Waals surface area contributed by atoms with Gasteiger partial charge >= 0.3 is 0 Å². The van der Waals surface area contributed by atoms with Gasteiger partial charge < -0.3 is 0 Å².